The zero-order valence-electron chi connectivity index (χ0n) is 9.70. The number of nitrogens with two attached hydrogens (primary N) is 1. The van der Waals surface area contributed by atoms with Crippen LogP contribution in [0.4, 0.5) is 4.39 Å². The van der Waals surface area contributed by atoms with E-state index in [9.17, 15) is 4.39 Å². The highest BCUT2D eigenvalue weighted by molar-refractivity contribution is 5.22. The molecule has 1 fully saturated rings. The van der Waals surface area contributed by atoms with Crippen LogP contribution in [0, 0.1) is 5.82 Å². The maximum atomic E-state index is 13.7. The molecule has 2 N–H and O–H groups in total. The Kier molecular flexibility index (Phi) is 3.56. The van der Waals surface area contributed by atoms with Crippen LogP contribution in [0.1, 0.15) is 31.4 Å². The fraction of sp³-hybridized carbons (Fsp3) is 0.538. The molecular weight excluding hydrogens is 203 g/mol. The average molecular weight is 222 g/mol. The monoisotopic (exact) mass is 222 g/mol. The van der Waals surface area contributed by atoms with E-state index in [1.54, 1.807) is 6.07 Å². The minimum absolute atomic E-state index is 0.0266. The van der Waals surface area contributed by atoms with Gasteiger partial charge >= 0.3 is 0 Å². The van der Waals surface area contributed by atoms with Crippen molar-refractivity contribution in [1.82, 2.24) is 4.90 Å². The van der Waals surface area contributed by atoms with E-state index in [0.717, 1.165) is 12.1 Å². The van der Waals surface area contributed by atoms with E-state index < -0.39 is 0 Å². The minimum atomic E-state index is -0.142. The van der Waals surface area contributed by atoms with Gasteiger partial charge in [0.1, 0.15) is 5.82 Å². The van der Waals surface area contributed by atoms with Gasteiger partial charge in [-0.2, -0.15) is 0 Å². The van der Waals surface area contributed by atoms with Crippen molar-refractivity contribution in [3.63, 3.8) is 0 Å². The van der Waals surface area contributed by atoms with E-state index in [4.69, 9.17) is 5.73 Å². The first kappa shape index (κ1) is 11.6. The summed E-state index contributed by atoms with van der Waals surface area (Å²) in [5.41, 5.74) is 6.54. The van der Waals surface area contributed by atoms with E-state index in [2.05, 4.69) is 11.8 Å². The average Bonchev–Trinajstić information content (AvgIpc) is 2.69. The largest absolute Gasteiger partial charge is 0.329 e. The first-order valence-corrected chi connectivity index (χ1v) is 5.94. The topological polar surface area (TPSA) is 29.3 Å². The summed E-state index contributed by atoms with van der Waals surface area (Å²) >= 11 is 0. The number of nitrogens with zero attached hydrogens (tertiary/aromatic N) is 1. The number of hydrogen-bond donors (Lipinski definition) is 1. The predicted octanol–water partition coefficient (Wildman–Crippen LogP) is 2.31. The molecule has 0 bridgehead atoms. The van der Waals surface area contributed by atoms with Crippen molar-refractivity contribution in [3.8, 4) is 0 Å². The van der Waals surface area contributed by atoms with Crippen LogP contribution in [0.5, 0.6) is 0 Å². The molecule has 0 saturated carbocycles. The Hall–Kier alpha value is -0.930. The Morgan fingerprint density at radius 3 is 2.81 bits per heavy atom. The standard InChI is InChI=1S/C13H19FN2/c1-10-5-4-8-16(10)13(9-15)11-6-2-3-7-12(11)14/h2-3,6-7,10,13H,4-5,8-9,15H2,1H3. The molecule has 0 aliphatic carbocycles. The zero-order valence-corrected chi connectivity index (χ0v) is 9.70. The van der Waals surface area contributed by atoms with Crippen LogP contribution >= 0.6 is 0 Å². The summed E-state index contributed by atoms with van der Waals surface area (Å²) in [4.78, 5) is 2.32. The van der Waals surface area contributed by atoms with Gasteiger partial charge in [0, 0.05) is 18.2 Å². The van der Waals surface area contributed by atoms with E-state index in [1.807, 2.05) is 12.1 Å². The van der Waals surface area contributed by atoms with Crippen molar-refractivity contribution in [2.75, 3.05) is 13.1 Å². The molecule has 1 aromatic rings. The van der Waals surface area contributed by atoms with Gasteiger partial charge in [0.25, 0.3) is 0 Å². The highest BCUT2D eigenvalue weighted by atomic mass is 19.1. The van der Waals surface area contributed by atoms with Crippen LogP contribution in [0.25, 0.3) is 0 Å². The number of halogens is 1. The Balaban J connectivity index is 2.25. The van der Waals surface area contributed by atoms with Gasteiger partial charge in [0.2, 0.25) is 0 Å². The molecule has 1 aromatic carbocycles. The highest BCUT2D eigenvalue weighted by Gasteiger charge is 2.29. The second-order valence-electron chi connectivity index (χ2n) is 4.50. The van der Waals surface area contributed by atoms with E-state index in [0.29, 0.717) is 12.6 Å². The van der Waals surface area contributed by atoms with Crippen LogP contribution in [0.15, 0.2) is 24.3 Å². The molecule has 1 saturated heterocycles. The van der Waals surface area contributed by atoms with Crippen molar-refractivity contribution in [1.29, 1.82) is 0 Å². The molecule has 1 aliphatic rings. The van der Waals surface area contributed by atoms with E-state index in [1.165, 1.54) is 18.9 Å². The van der Waals surface area contributed by atoms with E-state index in [-0.39, 0.29) is 11.9 Å². The minimum Gasteiger partial charge on any atom is -0.329 e. The normalized spacial score (nSPS) is 23.6. The van der Waals surface area contributed by atoms with Crippen molar-refractivity contribution in [2.45, 2.75) is 31.8 Å². The maximum absolute atomic E-state index is 13.7. The van der Waals surface area contributed by atoms with Crippen LogP contribution in [-0.2, 0) is 0 Å². The van der Waals surface area contributed by atoms with Crippen LogP contribution in [-0.4, -0.2) is 24.0 Å². The molecule has 3 heteroatoms. The maximum Gasteiger partial charge on any atom is 0.128 e. The second kappa shape index (κ2) is 4.93. The quantitative estimate of drug-likeness (QED) is 0.850. The molecule has 1 heterocycles. The molecule has 0 amide bonds. The number of benzene rings is 1. The Morgan fingerprint density at radius 2 is 2.25 bits per heavy atom. The van der Waals surface area contributed by atoms with Gasteiger partial charge in [-0.3, -0.25) is 4.90 Å². The van der Waals surface area contributed by atoms with Crippen molar-refractivity contribution in [2.24, 2.45) is 5.73 Å². The summed E-state index contributed by atoms with van der Waals surface area (Å²) in [7, 11) is 0. The second-order valence-corrected chi connectivity index (χ2v) is 4.50. The smallest absolute Gasteiger partial charge is 0.128 e. The molecule has 2 rings (SSSR count). The van der Waals surface area contributed by atoms with Gasteiger partial charge in [-0.05, 0) is 32.4 Å². The van der Waals surface area contributed by atoms with Crippen LogP contribution in [0.3, 0.4) is 0 Å². The number of hydrogen-bond acceptors (Lipinski definition) is 2. The molecule has 16 heavy (non-hydrogen) atoms. The molecule has 2 nitrogen and oxygen atoms in total. The van der Waals surface area contributed by atoms with Gasteiger partial charge in [0.05, 0.1) is 6.04 Å². The number of likely N-dealkylation sites (tertiary alicyclic amines) is 1. The summed E-state index contributed by atoms with van der Waals surface area (Å²) in [5, 5.41) is 0. The van der Waals surface area contributed by atoms with Gasteiger partial charge < -0.3 is 5.73 Å². The van der Waals surface area contributed by atoms with Gasteiger partial charge in [-0.15, -0.1) is 0 Å². The zero-order chi connectivity index (χ0) is 11.5. The van der Waals surface area contributed by atoms with Gasteiger partial charge in [-0.25, -0.2) is 4.39 Å². The van der Waals surface area contributed by atoms with Crippen molar-refractivity contribution < 1.29 is 4.39 Å². The lowest BCUT2D eigenvalue weighted by Crippen LogP contribution is -2.36. The summed E-state index contributed by atoms with van der Waals surface area (Å²) in [6.07, 6.45) is 2.37. The highest BCUT2D eigenvalue weighted by Crippen LogP contribution is 2.29. The summed E-state index contributed by atoms with van der Waals surface area (Å²) in [6.45, 7) is 3.69. The Morgan fingerprint density at radius 1 is 1.50 bits per heavy atom. The van der Waals surface area contributed by atoms with Crippen molar-refractivity contribution >= 4 is 0 Å². The summed E-state index contributed by atoms with van der Waals surface area (Å²) in [6, 6.07) is 7.49. The first-order valence-electron chi connectivity index (χ1n) is 5.94. The lowest BCUT2D eigenvalue weighted by Gasteiger charge is -2.31. The lowest BCUT2D eigenvalue weighted by atomic mass is 10.0. The molecule has 2 atom stereocenters. The molecule has 1 aliphatic heterocycles. The number of rotatable bonds is 3. The third kappa shape index (κ3) is 2.11. The molecule has 0 radical (unpaired) electrons. The fourth-order valence-corrected chi connectivity index (χ4v) is 2.60. The predicted molar refractivity (Wildman–Crippen MR) is 63.6 cm³/mol. The summed E-state index contributed by atoms with van der Waals surface area (Å²) < 4.78 is 13.7. The third-order valence-corrected chi connectivity index (χ3v) is 3.49. The Bertz CT molecular complexity index is 354. The van der Waals surface area contributed by atoms with Gasteiger partial charge in [0.15, 0.2) is 0 Å². The van der Waals surface area contributed by atoms with Crippen LogP contribution < -0.4 is 5.73 Å². The molecule has 0 spiro atoms. The Labute approximate surface area is 96.2 Å². The van der Waals surface area contributed by atoms with Gasteiger partial charge in [-0.1, -0.05) is 18.2 Å². The van der Waals surface area contributed by atoms with Crippen LogP contribution in [0.2, 0.25) is 0 Å². The van der Waals surface area contributed by atoms with E-state index >= 15 is 0 Å². The van der Waals surface area contributed by atoms with Crippen molar-refractivity contribution in [3.05, 3.63) is 35.6 Å². The SMILES string of the molecule is CC1CCCN1C(CN)c1ccccc1F. The fourth-order valence-electron chi connectivity index (χ4n) is 2.60. The first-order chi connectivity index (χ1) is 7.74. The molecule has 88 valence electrons. The summed E-state index contributed by atoms with van der Waals surface area (Å²) in [5.74, 6) is -0.142. The third-order valence-electron chi connectivity index (χ3n) is 3.49. The molecular formula is C13H19FN2. The lowest BCUT2D eigenvalue weighted by molar-refractivity contribution is 0.192. The molecule has 0 aromatic heterocycles. The molecule has 2 unspecified atom stereocenters.